The van der Waals surface area contributed by atoms with Crippen LogP contribution in [0.1, 0.15) is 60.6 Å². The second-order valence-corrected chi connectivity index (χ2v) is 12.4. The van der Waals surface area contributed by atoms with Crippen molar-refractivity contribution in [1.82, 2.24) is 19.9 Å². The number of hydrogen-bond acceptors (Lipinski definition) is 5. The van der Waals surface area contributed by atoms with Gasteiger partial charge in [0.2, 0.25) is 11.8 Å². The standard InChI is InChI=1S/C17H15FN2O.C17H16N2O.C14H14N2/c1-20(16-11-9-14(18)10-12-16)17(21)8-3-2-6-15-7-4-5-13-19-15;1-19(16-11-3-2-4-12-16)17(20)13-6-5-9-15-10-7-8-14-18-15;1-12-15-11-14(16-12)10-6-5-9-13-7-3-2-4-8-13/h4-5,7,9-13H,3,8H2,1H3;2-4,7-8,10-12,14H,6,13H2,1H3;2-4,7-8,11H,5,9H2,1H3,(H,15,16). The average molecular weight is 757 g/mol. The molecule has 9 heteroatoms. The van der Waals surface area contributed by atoms with Crippen LogP contribution in [0.15, 0.2) is 140 Å². The molecule has 8 nitrogen and oxygen atoms in total. The van der Waals surface area contributed by atoms with Gasteiger partial charge in [-0.2, -0.15) is 0 Å². The van der Waals surface area contributed by atoms with Crippen molar-refractivity contribution in [1.29, 1.82) is 0 Å². The third-order valence-corrected chi connectivity index (χ3v) is 8.10. The molecule has 0 saturated carbocycles. The summed E-state index contributed by atoms with van der Waals surface area (Å²) in [5.41, 5.74) is 5.21. The van der Waals surface area contributed by atoms with Crippen molar-refractivity contribution in [3.8, 4) is 35.5 Å². The van der Waals surface area contributed by atoms with E-state index in [2.05, 4.69) is 79.7 Å². The zero-order valence-electron chi connectivity index (χ0n) is 32.5. The Morgan fingerprint density at radius 3 is 1.58 bits per heavy atom. The number of carbonyl (C=O) groups is 2. The fraction of sp³-hybridized carbons (Fsp3) is 0.188. The monoisotopic (exact) mass is 756 g/mol. The first-order chi connectivity index (χ1) is 27.8. The molecule has 57 heavy (non-hydrogen) atoms. The fourth-order valence-electron chi connectivity index (χ4n) is 4.95. The quantitative estimate of drug-likeness (QED) is 0.157. The van der Waals surface area contributed by atoms with Gasteiger partial charge in [0.25, 0.3) is 0 Å². The maximum atomic E-state index is 12.8. The van der Waals surface area contributed by atoms with Crippen molar-refractivity contribution >= 4 is 23.2 Å². The lowest BCUT2D eigenvalue weighted by molar-refractivity contribution is -0.119. The highest BCUT2D eigenvalue weighted by Gasteiger charge is 2.10. The molecule has 286 valence electrons. The lowest BCUT2D eigenvalue weighted by Gasteiger charge is -2.16. The van der Waals surface area contributed by atoms with Crippen molar-refractivity contribution in [2.24, 2.45) is 0 Å². The van der Waals surface area contributed by atoms with Gasteiger partial charge in [0, 0.05) is 70.0 Å². The fourth-order valence-corrected chi connectivity index (χ4v) is 4.95. The van der Waals surface area contributed by atoms with Crippen molar-refractivity contribution in [3.63, 3.8) is 0 Å². The number of para-hydroxylation sites is 1. The second-order valence-electron chi connectivity index (χ2n) is 12.4. The van der Waals surface area contributed by atoms with Gasteiger partial charge >= 0.3 is 0 Å². The van der Waals surface area contributed by atoms with Gasteiger partial charge in [-0.15, -0.1) is 0 Å². The maximum absolute atomic E-state index is 12.8. The minimum atomic E-state index is -0.319. The molecule has 0 aliphatic heterocycles. The lowest BCUT2D eigenvalue weighted by Crippen LogP contribution is -2.25. The molecule has 0 atom stereocenters. The first-order valence-electron chi connectivity index (χ1n) is 18.5. The molecule has 6 aromatic rings. The van der Waals surface area contributed by atoms with Gasteiger partial charge in [-0.05, 0) is 97.3 Å². The predicted octanol–water partition coefficient (Wildman–Crippen LogP) is 8.59. The van der Waals surface area contributed by atoms with Crippen LogP contribution >= 0.6 is 0 Å². The maximum Gasteiger partial charge on any atom is 0.227 e. The molecule has 0 unspecified atom stereocenters. The third-order valence-electron chi connectivity index (χ3n) is 8.10. The Labute approximate surface area is 335 Å². The smallest absolute Gasteiger partial charge is 0.227 e. The number of anilines is 2. The minimum Gasteiger partial charge on any atom is -0.336 e. The van der Waals surface area contributed by atoms with Crippen molar-refractivity contribution < 1.29 is 14.0 Å². The molecule has 6 rings (SSSR count). The molecule has 2 amide bonds. The molecule has 1 N–H and O–H groups in total. The number of nitrogens with one attached hydrogen (secondary N) is 1. The van der Waals surface area contributed by atoms with E-state index in [1.54, 1.807) is 49.7 Å². The van der Waals surface area contributed by atoms with Gasteiger partial charge in [-0.3, -0.25) is 9.59 Å². The molecule has 0 fully saturated rings. The van der Waals surface area contributed by atoms with E-state index in [1.165, 1.54) is 22.6 Å². The van der Waals surface area contributed by atoms with E-state index < -0.39 is 0 Å². The molecule has 0 bridgehead atoms. The van der Waals surface area contributed by atoms with E-state index in [1.807, 2.05) is 79.7 Å². The number of aryl methyl sites for hydroxylation is 2. The van der Waals surface area contributed by atoms with E-state index >= 15 is 0 Å². The molecule has 3 aromatic carbocycles. The highest BCUT2D eigenvalue weighted by Crippen LogP contribution is 2.15. The summed E-state index contributed by atoms with van der Waals surface area (Å²) in [5, 5.41) is 0. The van der Waals surface area contributed by atoms with Crippen LogP contribution in [0, 0.1) is 48.3 Å². The van der Waals surface area contributed by atoms with Crippen LogP contribution in [0.5, 0.6) is 0 Å². The van der Waals surface area contributed by atoms with Gasteiger partial charge < -0.3 is 14.8 Å². The predicted molar refractivity (Wildman–Crippen MR) is 225 cm³/mol. The van der Waals surface area contributed by atoms with E-state index in [0.717, 1.165) is 35.7 Å². The zero-order valence-corrected chi connectivity index (χ0v) is 32.5. The summed E-state index contributed by atoms with van der Waals surface area (Å²) in [6.07, 6.45) is 8.75. The Morgan fingerprint density at radius 1 is 0.596 bits per heavy atom. The molecule has 0 radical (unpaired) electrons. The number of aromatic nitrogens is 4. The first-order valence-corrected chi connectivity index (χ1v) is 18.5. The van der Waals surface area contributed by atoms with Crippen LogP contribution in [0.4, 0.5) is 15.8 Å². The zero-order chi connectivity index (χ0) is 40.5. The summed E-state index contributed by atoms with van der Waals surface area (Å²) in [4.78, 5) is 42.5. The van der Waals surface area contributed by atoms with Crippen molar-refractivity contribution in [2.45, 2.75) is 45.4 Å². The number of pyridine rings is 2. The molecular weight excluding hydrogens is 712 g/mol. The summed E-state index contributed by atoms with van der Waals surface area (Å²) in [5.74, 6) is 18.6. The van der Waals surface area contributed by atoms with Crippen LogP contribution in [-0.4, -0.2) is 45.8 Å². The van der Waals surface area contributed by atoms with Crippen LogP contribution < -0.4 is 9.80 Å². The number of amides is 2. The number of H-pyrrole nitrogens is 1. The van der Waals surface area contributed by atoms with Crippen LogP contribution in [-0.2, 0) is 16.0 Å². The van der Waals surface area contributed by atoms with Crippen molar-refractivity contribution in [3.05, 3.63) is 174 Å². The highest BCUT2D eigenvalue weighted by atomic mass is 19.1. The SMILES string of the molecule is CN(C(=O)CCC#Cc1ccccn1)c1ccc(F)cc1.CN(C(=O)CCC#Cc1ccccn1)c1ccccc1.Cc1ncc(C#CCCc2ccccc2)[nH]1. The number of nitrogens with zero attached hydrogens (tertiary/aromatic N) is 5. The van der Waals surface area contributed by atoms with Gasteiger partial charge in [0.1, 0.15) is 28.7 Å². The number of hydrogen-bond donors (Lipinski definition) is 1. The number of aromatic amines is 1. The Hall–Kier alpha value is -7.28. The molecule has 3 aromatic heterocycles. The van der Waals surface area contributed by atoms with E-state index in [0.29, 0.717) is 37.1 Å². The molecule has 0 aliphatic carbocycles. The van der Waals surface area contributed by atoms with E-state index in [9.17, 15) is 14.0 Å². The Kier molecular flexibility index (Phi) is 18.0. The Balaban J connectivity index is 0.000000191. The number of rotatable bonds is 8. The van der Waals surface area contributed by atoms with E-state index in [4.69, 9.17) is 0 Å². The summed E-state index contributed by atoms with van der Waals surface area (Å²) in [7, 11) is 3.45. The first kappa shape index (κ1) is 42.5. The lowest BCUT2D eigenvalue weighted by atomic mass is 10.1. The Bertz CT molecular complexity index is 2300. The summed E-state index contributed by atoms with van der Waals surface area (Å²) >= 11 is 0. The largest absolute Gasteiger partial charge is 0.336 e. The number of benzene rings is 3. The normalized spacial score (nSPS) is 9.54. The van der Waals surface area contributed by atoms with Gasteiger partial charge in [0.15, 0.2) is 0 Å². The number of imidazole rings is 1. The third kappa shape index (κ3) is 16.3. The molecular formula is C48H45FN6O2. The van der Waals surface area contributed by atoms with Gasteiger partial charge in [-0.25, -0.2) is 19.3 Å². The number of halogens is 1. The number of carbonyl (C=O) groups excluding carboxylic acids is 2. The molecule has 3 heterocycles. The summed E-state index contributed by atoms with van der Waals surface area (Å²) < 4.78 is 12.8. The summed E-state index contributed by atoms with van der Waals surface area (Å²) in [6, 6.07) is 36.9. The molecule has 0 spiro atoms. The molecule has 0 aliphatic rings. The van der Waals surface area contributed by atoms with Crippen molar-refractivity contribution in [2.75, 3.05) is 23.9 Å². The van der Waals surface area contributed by atoms with Gasteiger partial charge in [-0.1, -0.05) is 78.4 Å². The average Bonchev–Trinajstić information content (AvgIpc) is 3.68. The highest BCUT2D eigenvalue weighted by molar-refractivity contribution is 5.93. The van der Waals surface area contributed by atoms with Crippen LogP contribution in [0.25, 0.3) is 0 Å². The topological polar surface area (TPSA) is 95.1 Å². The van der Waals surface area contributed by atoms with E-state index in [-0.39, 0.29) is 17.6 Å². The summed E-state index contributed by atoms with van der Waals surface area (Å²) in [6.45, 7) is 1.93. The van der Waals surface area contributed by atoms with Crippen LogP contribution in [0.3, 0.4) is 0 Å². The minimum absolute atomic E-state index is 0.0584. The van der Waals surface area contributed by atoms with Gasteiger partial charge in [0.05, 0.1) is 6.20 Å². The Morgan fingerprint density at radius 2 is 1.09 bits per heavy atom. The molecule has 0 saturated heterocycles. The van der Waals surface area contributed by atoms with Crippen LogP contribution in [0.2, 0.25) is 0 Å². The second kappa shape index (κ2) is 24.2.